The van der Waals surface area contributed by atoms with Crippen molar-refractivity contribution in [1.29, 1.82) is 0 Å². The molecular weight excluding hydrogens is 280 g/mol. The van der Waals surface area contributed by atoms with E-state index >= 15 is 0 Å². The van der Waals surface area contributed by atoms with Crippen molar-refractivity contribution in [2.75, 3.05) is 13.6 Å². The molecule has 1 aromatic carbocycles. The monoisotopic (exact) mass is 306 g/mol. The van der Waals surface area contributed by atoms with Gasteiger partial charge in [-0.15, -0.1) is 0 Å². The van der Waals surface area contributed by atoms with E-state index in [0.717, 1.165) is 24.9 Å². The molecule has 6 nitrogen and oxygen atoms in total. The van der Waals surface area contributed by atoms with Crippen LogP contribution < -0.4 is 22.1 Å². The maximum Gasteiger partial charge on any atom is 0.240 e. The van der Waals surface area contributed by atoms with Crippen LogP contribution in [0.3, 0.4) is 0 Å². The number of unbranched alkanes of at least 4 members (excludes halogenated alkanes) is 1. The molecule has 22 heavy (non-hydrogen) atoms. The number of nitrogens with two attached hydrogens (primary N) is 2. The first-order chi connectivity index (χ1) is 10.5. The van der Waals surface area contributed by atoms with Crippen molar-refractivity contribution in [2.45, 2.75) is 37.8 Å². The molecule has 2 unspecified atom stereocenters. The minimum atomic E-state index is -0.738. The molecule has 0 saturated heterocycles. The second kappa shape index (κ2) is 9.92. The van der Waals surface area contributed by atoms with Gasteiger partial charge in [-0.25, -0.2) is 0 Å². The van der Waals surface area contributed by atoms with E-state index in [1.165, 1.54) is 0 Å². The molecular formula is C16H26N4O2. The van der Waals surface area contributed by atoms with Crippen LogP contribution in [-0.2, 0) is 16.0 Å². The summed E-state index contributed by atoms with van der Waals surface area (Å²) in [6.45, 7) is 0.895. The Morgan fingerprint density at radius 2 is 1.86 bits per heavy atom. The molecule has 2 atom stereocenters. The van der Waals surface area contributed by atoms with E-state index in [4.69, 9.17) is 11.5 Å². The molecule has 0 aromatic heterocycles. The van der Waals surface area contributed by atoms with Gasteiger partial charge in [0.25, 0.3) is 0 Å². The third-order valence-electron chi connectivity index (χ3n) is 3.47. The van der Waals surface area contributed by atoms with E-state index in [1.807, 2.05) is 37.4 Å². The first kappa shape index (κ1) is 18.1. The molecule has 0 spiro atoms. The zero-order chi connectivity index (χ0) is 16.4. The first-order valence-electron chi connectivity index (χ1n) is 7.58. The number of hydrogen-bond donors (Lipinski definition) is 4. The first-order valence-corrected chi connectivity index (χ1v) is 7.58. The number of carbonyl (C=O) groups excluding carboxylic acids is 2. The zero-order valence-electron chi connectivity index (χ0n) is 13.0. The van der Waals surface area contributed by atoms with Gasteiger partial charge in [0.2, 0.25) is 11.8 Å². The van der Waals surface area contributed by atoms with Gasteiger partial charge in [-0.05, 0) is 32.0 Å². The van der Waals surface area contributed by atoms with Gasteiger partial charge >= 0.3 is 0 Å². The maximum atomic E-state index is 12.1. The average molecular weight is 306 g/mol. The summed E-state index contributed by atoms with van der Waals surface area (Å²) in [6, 6.07) is 8.07. The van der Waals surface area contributed by atoms with Crippen LogP contribution >= 0.6 is 0 Å². The molecule has 6 heteroatoms. The lowest BCUT2D eigenvalue weighted by atomic mass is 10.0. The summed E-state index contributed by atoms with van der Waals surface area (Å²) >= 11 is 0. The lowest BCUT2D eigenvalue weighted by molar-refractivity contribution is -0.128. The number of nitrogens with one attached hydrogen (secondary N) is 2. The van der Waals surface area contributed by atoms with Crippen molar-refractivity contribution in [3.8, 4) is 0 Å². The lowest BCUT2D eigenvalue weighted by Gasteiger charge is -2.18. The van der Waals surface area contributed by atoms with Crippen LogP contribution in [0.4, 0.5) is 0 Å². The molecule has 0 aliphatic rings. The minimum absolute atomic E-state index is 0.329. The van der Waals surface area contributed by atoms with Gasteiger partial charge in [-0.1, -0.05) is 36.8 Å². The van der Waals surface area contributed by atoms with Gasteiger partial charge in [-0.2, -0.15) is 0 Å². The topological polar surface area (TPSA) is 110 Å². The summed E-state index contributed by atoms with van der Waals surface area (Å²) < 4.78 is 0. The third-order valence-corrected chi connectivity index (χ3v) is 3.47. The van der Waals surface area contributed by atoms with E-state index in [-0.39, 0.29) is 5.91 Å². The Kier molecular flexibility index (Phi) is 8.17. The van der Waals surface area contributed by atoms with Crippen molar-refractivity contribution >= 4 is 11.8 Å². The Morgan fingerprint density at radius 1 is 1.18 bits per heavy atom. The highest BCUT2D eigenvalue weighted by atomic mass is 16.2. The maximum absolute atomic E-state index is 12.1. The Morgan fingerprint density at radius 3 is 2.45 bits per heavy atom. The number of carbonyl (C=O) groups is 2. The van der Waals surface area contributed by atoms with Crippen LogP contribution in [0.5, 0.6) is 0 Å². The zero-order valence-corrected chi connectivity index (χ0v) is 13.0. The largest absolute Gasteiger partial charge is 0.368 e. The summed E-state index contributed by atoms with van der Waals surface area (Å²) in [7, 11) is 1.88. The SMILES string of the molecule is CNCCCCC(N)C(=O)NC(Cc1ccccc1)C(N)=O. The van der Waals surface area contributed by atoms with Crippen molar-refractivity contribution in [3.63, 3.8) is 0 Å². The summed E-state index contributed by atoms with van der Waals surface area (Å²) in [5, 5.41) is 5.69. The van der Waals surface area contributed by atoms with Crippen LogP contribution in [0, 0.1) is 0 Å². The molecule has 2 amide bonds. The molecule has 0 bridgehead atoms. The van der Waals surface area contributed by atoms with E-state index in [0.29, 0.717) is 12.8 Å². The van der Waals surface area contributed by atoms with Gasteiger partial charge < -0.3 is 22.1 Å². The van der Waals surface area contributed by atoms with Crippen LogP contribution in [0.1, 0.15) is 24.8 Å². The van der Waals surface area contributed by atoms with Gasteiger partial charge in [0, 0.05) is 6.42 Å². The van der Waals surface area contributed by atoms with Crippen molar-refractivity contribution in [3.05, 3.63) is 35.9 Å². The fraction of sp³-hybridized carbons (Fsp3) is 0.500. The molecule has 0 aliphatic heterocycles. The lowest BCUT2D eigenvalue weighted by Crippen LogP contribution is -2.51. The fourth-order valence-corrected chi connectivity index (χ4v) is 2.15. The molecule has 6 N–H and O–H groups in total. The summed E-state index contributed by atoms with van der Waals surface area (Å²) in [5.41, 5.74) is 12.2. The highest BCUT2D eigenvalue weighted by Crippen LogP contribution is 2.04. The van der Waals surface area contributed by atoms with Gasteiger partial charge in [0.05, 0.1) is 6.04 Å². The second-order valence-electron chi connectivity index (χ2n) is 5.36. The number of benzene rings is 1. The van der Waals surface area contributed by atoms with Crippen molar-refractivity contribution in [1.82, 2.24) is 10.6 Å². The third kappa shape index (κ3) is 6.69. The van der Waals surface area contributed by atoms with E-state index < -0.39 is 18.0 Å². The number of primary amides is 1. The van der Waals surface area contributed by atoms with Crippen LogP contribution in [0.2, 0.25) is 0 Å². The summed E-state index contributed by atoms with van der Waals surface area (Å²) in [6.07, 6.45) is 2.77. The Balaban J connectivity index is 2.48. The smallest absolute Gasteiger partial charge is 0.240 e. The van der Waals surface area contributed by atoms with E-state index in [9.17, 15) is 9.59 Å². The fourth-order valence-electron chi connectivity index (χ4n) is 2.15. The van der Waals surface area contributed by atoms with Gasteiger partial charge in [0.15, 0.2) is 0 Å². The predicted octanol–water partition coefficient (Wildman–Crippen LogP) is -0.0838. The van der Waals surface area contributed by atoms with Crippen LogP contribution in [0.25, 0.3) is 0 Å². The highest BCUT2D eigenvalue weighted by Gasteiger charge is 2.21. The number of rotatable bonds is 10. The number of hydrogen-bond acceptors (Lipinski definition) is 4. The van der Waals surface area contributed by atoms with E-state index in [2.05, 4.69) is 10.6 Å². The molecule has 0 fully saturated rings. The minimum Gasteiger partial charge on any atom is -0.368 e. The van der Waals surface area contributed by atoms with Gasteiger partial charge in [-0.3, -0.25) is 9.59 Å². The Bertz CT molecular complexity index is 464. The van der Waals surface area contributed by atoms with Crippen LogP contribution in [0.15, 0.2) is 30.3 Å². The van der Waals surface area contributed by atoms with Gasteiger partial charge in [0.1, 0.15) is 6.04 Å². The molecule has 1 aromatic rings. The normalized spacial score (nSPS) is 13.4. The Labute approximate surface area is 131 Å². The van der Waals surface area contributed by atoms with E-state index in [1.54, 1.807) is 0 Å². The standard InChI is InChI=1S/C16H26N4O2/c1-19-10-6-5-9-13(17)16(22)20-14(15(18)21)11-12-7-3-2-4-8-12/h2-4,7-8,13-14,19H,5-6,9-11,17H2,1H3,(H2,18,21)(H,20,22). The quantitative estimate of drug-likeness (QED) is 0.453. The molecule has 1 rings (SSSR count). The van der Waals surface area contributed by atoms with Crippen LogP contribution in [-0.4, -0.2) is 37.5 Å². The predicted molar refractivity (Wildman–Crippen MR) is 87.0 cm³/mol. The molecule has 0 radical (unpaired) electrons. The average Bonchev–Trinajstić information content (AvgIpc) is 2.51. The molecule has 122 valence electrons. The Hall–Kier alpha value is -1.92. The molecule has 0 saturated carbocycles. The molecule has 0 heterocycles. The van der Waals surface area contributed by atoms with Crippen molar-refractivity contribution in [2.24, 2.45) is 11.5 Å². The number of amides is 2. The van der Waals surface area contributed by atoms with Crippen molar-refractivity contribution < 1.29 is 9.59 Å². The second-order valence-corrected chi connectivity index (χ2v) is 5.36. The summed E-state index contributed by atoms with van der Waals surface area (Å²) in [5.74, 6) is -0.885. The molecule has 0 aliphatic carbocycles. The highest BCUT2D eigenvalue weighted by molar-refractivity contribution is 5.89. The summed E-state index contributed by atoms with van der Waals surface area (Å²) in [4.78, 5) is 23.6.